The third kappa shape index (κ3) is 3.29. The fourth-order valence-corrected chi connectivity index (χ4v) is 2.44. The van der Waals surface area contributed by atoms with Gasteiger partial charge in [0.2, 0.25) is 0 Å². The maximum atomic E-state index is 5.77. The van der Waals surface area contributed by atoms with Crippen molar-refractivity contribution in [2.45, 2.75) is 6.92 Å². The highest BCUT2D eigenvalue weighted by atomic mass is 79.9. The number of nitrogens with one attached hydrogen (secondary N) is 1. The zero-order valence-corrected chi connectivity index (χ0v) is 13.6. The molecule has 0 amide bonds. The van der Waals surface area contributed by atoms with Crippen LogP contribution in [0.4, 0.5) is 11.4 Å². The number of ether oxygens (including phenoxy) is 1. The van der Waals surface area contributed by atoms with Crippen molar-refractivity contribution in [3.8, 4) is 5.75 Å². The fourth-order valence-electron chi connectivity index (χ4n) is 1.90. The van der Waals surface area contributed by atoms with Crippen molar-refractivity contribution in [3.63, 3.8) is 0 Å². The number of benzene rings is 2. The molecule has 0 fully saturated rings. The van der Waals surface area contributed by atoms with Gasteiger partial charge in [0.05, 0.1) is 12.8 Å². The maximum Gasteiger partial charge on any atom is 0.142 e. The van der Waals surface area contributed by atoms with Gasteiger partial charge < -0.3 is 15.8 Å². The van der Waals surface area contributed by atoms with Gasteiger partial charge in [-0.25, -0.2) is 0 Å². The number of aryl methyl sites for hydroxylation is 1. The zero-order chi connectivity index (χ0) is 14.7. The van der Waals surface area contributed by atoms with E-state index in [2.05, 4.69) is 21.2 Å². The van der Waals surface area contributed by atoms with E-state index in [4.69, 9.17) is 22.7 Å². The van der Waals surface area contributed by atoms with Crippen molar-refractivity contribution in [3.05, 3.63) is 52.0 Å². The van der Waals surface area contributed by atoms with Crippen LogP contribution in [0, 0.1) is 6.92 Å². The van der Waals surface area contributed by atoms with E-state index in [1.807, 2.05) is 43.3 Å². The maximum absolute atomic E-state index is 5.77. The van der Waals surface area contributed by atoms with Crippen molar-refractivity contribution in [2.24, 2.45) is 5.73 Å². The Balaban J connectivity index is 2.46. The van der Waals surface area contributed by atoms with Crippen molar-refractivity contribution in [2.75, 3.05) is 12.4 Å². The van der Waals surface area contributed by atoms with Crippen LogP contribution in [0.15, 0.2) is 40.9 Å². The molecule has 2 rings (SSSR count). The van der Waals surface area contributed by atoms with Crippen LogP contribution < -0.4 is 15.8 Å². The summed E-state index contributed by atoms with van der Waals surface area (Å²) in [5.41, 5.74) is 9.43. The van der Waals surface area contributed by atoms with Gasteiger partial charge in [-0.1, -0.05) is 34.2 Å². The summed E-state index contributed by atoms with van der Waals surface area (Å²) >= 11 is 8.55. The topological polar surface area (TPSA) is 47.3 Å². The third-order valence-corrected chi connectivity index (χ3v) is 3.58. The molecule has 0 saturated heterocycles. The number of hydrogen-bond acceptors (Lipinski definition) is 3. The lowest BCUT2D eigenvalue weighted by molar-refractivity contribution is 0.417. The molecule has 0 aliphatic rings. The summed E-state index contributed by atoms with van der Waals surface area (Å²) in [4.78, 5) is 0.362. The van der Waals surface area contributed by atoms with Gasteiger partial charge in [-0.2, -0.15) is 0 Å². The van der Waals surface area contributed by atoms with Crippen molar-refractivity contribution < 1.29 is 4.74 Å². The Morgan fingerprint density at radius 1 is 1.20 bits per heavy atom. The molecule has 0 heterocycles. The van der Waals surface area contributed by atoms with E-state index < -0.39 is 0 Å². The second-order valence-electron chi connectivity index (χ2n) is 4.38. The lowest BCUT2D eigenvalue weighted by Crippen LogP contribution is -2.12. The number of hydrogen-bond donors (Lipinski definition) is 2. The van der Waals surface area contributed by atoms with Gasteiger partial charge in [-0.15, -0.1) is 0 Å². The predicted octanol–water partition coefficient (Wildman–Crippen LogP) is 4.14. The lowest BCUT2D eigenvalue weighted by atomic mass is 10.1. The molecule has 0 radical (unpaired) electrons. The summed E-state index contributed by atoms with van der Waals surface area (Å²) in [6.07, 6.45) is 0. The Morgan fingerprint density at radius 3 is 2.60 bits per heavy atom. The first-order valence-corrected chi connectivity index (χ1v) is 7.22. The van der Waals surface area contributed by atoms with E-state index in [0.717, 1.165) is 32.7 Å². The first-order chi connectivity index (χ1) is 9.51. The smallest absolute Gasteiger partial charge is 0.142 e. The Hall–Kier alpha value is -1.59. The molecule has 104 valence electrons. The predicted molar refractivity (Wildman–Crippen MR) is 91.0 cm³/mol. The summed E-state index contributed by atoms with van der Waals surface area (Å²) in [5, 5.41) is 3.33. The number of anilines is 2. The van der Waals surface area contributed by atoms with Crippen molar-refractivity contribution >= 4 is 44.5 Å². The molecule has 0 saturated carbocycles. The summed E-state index contributed by atoms with van der Waals surface area (Å²) in [6.45, 7) is 2.02. The molecule has 0 spiro atoms. The van der Waals surface area contributed by atoms with Gasteiger partial charge >= 0.3 is 0 Å². The van der Waals surface area contributed by atoms with Crippen LogP contribution in [-0.2, 0) is 0 Å². The van der Waals surface area contributed by atoms with Crippen LogP contribution in [0.1, 0.15) is 11.1 Å². The Morgan fingerprint density at radius 2 is 1.95 bits per heavy atom. The standard InChI is InChI=1S/C15H15BrN2OS/c1-9-3-5-11(15(17)20)12(7-9)18-13-8-10(16)4-6-14(13)19-2/h3-8,18H,1-2H3,(H2,17,20). The molecule has 0 aliphatic carbocycles. The van der Waals surface area contributed by atoms with Crippen molar-refractivity contribution in [1.29, 1.82) is 0 Å². The van der Waals surface area contributed by atoms with Crippen LogP contribution in [0.3, 0.4) is 0 Å². The Kier molecular flexibility index (Phi) is 4.62. The highest BCUT2D eigenvalue weighted by Gasteiger charge is 2.09. The van der Waals surface area contributed by atoms with Gasteiger partial charge in [0, 0.05) is 15.7 Å². The molecule has 3 nitrogen and oxygen atoms in total. The molecule has 0 bridgehead atoms. The van der Waals surface area contributed by atoms with Crippen LogP contribution in [0.5, 0.6) is 5.75 Å². The second-order valence-corrected chi connectivity index (χ2v) is 5.74. The van der Waals surface area contributed by atoms with E-state index in [0.29, 0.717) is 4.99 Å². The number of halogens is 1. The summed E-state index contributed by atoms with van der Waals surface area (Å²) in [6, 6.07) is 11.7. The first kappa shape index (κ1) is 14.8. The fraction of sp³-hybridized carbons (Fsp3) is 0.133. The summed E-state index contributed by atoms with van der Waals surface area (Å²) < 4.78 is 6.32. The average Bonchev–Trinajstić information content (AvgIpc) is 2.38. The SMILES string of the molecule is COc1ccc(Br)cc1Nc1cc(C)ccc1C(N)=S. The quantitative estimate of drug-likeness (QED) is 0.813. The van der Waals surface area contributed by atoms with E-state index in [9.17, 15) is 0 Å². The molecule has 0 atom stereocenters. The normalized spacial score (nSPS) is 10.2. The highest BCUT2D eigenvalue weighted by Crippen LogP contribution is 2.32. The minimum absolute atomic E-state index is 0.362. The van der Waals surface area contributed by atoms with Gasteiger partial charge in [0.15, 0.2) is 0 Å². The Labute approximate surface area is 132 Å². The van der Waals surface area contributed by atoms with Gasteiger partial charge in [-0.3, -0.25) is 0 Å². The number of rotatable bonds is 4. The summed E-state index contributed by atoms with van der Waals surface area (Å²) in [5.74, 6) is 0.753. The third-order valence-electron chi connectivity index (χ3n) is 2.87. The largest absolute Gasteiger partial charge is 0.495 e. The number of thiocarbonyl (C=S) groups is 1. The molecule has 0 unspecified atom stereocenters. The second kappa shape index (κ2) is 6.24. The highest BCUT2D eigenvalue weighted by molar-refractivity contribution is 9.10. The minimum Gasteiger partial charge on any atom is -0.495 e. The average molecular weight is 351 g/mol. The Bertz CT molecular complexity index is 658. The van der Waals surface area contributed by atoms with Crippen LogP contribution in [0.25, 0.3) is 0 Å². The van der Waals surface area contributed by atoms with E-state index >= 15 is 0 Å². The van der Waals surface area contributed by atoms with Crippen molar-refractivity contribution in [1.82, 2.24) is 0 Å². The number of nitrogens with two attached hydrogens (primary N) is 1. The zero-order valence-electron chi connectivity index (χ0n) is 11.2. The van der Waals surface area contributed by atoms with Crippen LogP contribution in [0.2, 0.25) is 0 Å². The van der Waals surface area contributed by atoms with Gasteiger partial charge in [-0.05, 0) is 42.8 Å². The molecule has 0 aliphatic heterocycles. The lowest BCUT2D eigenvalue weighted by Gasteiger charge is -2.15. The molecule has 2 aromatic rings. The van der Waals surface area contributed by atoms with E-state index in [-0.39, 0.29) is 0 Å². The number of methoxy groups -OCH3 is 1. The van der Waals surface area contributed by atoms with Gasteiger partial charge in [0.25, 0.3) is 0 Å². The van der Waals surface area contributed by atoms with Gasteiger partial charge in [0.1, 0.15) is 10.7 Å². The molecule has 0 aromatic heterocycles. The van der Waals surface area contributed by atoms with Crippen LogP contribution >= 0.6 is 28.1 Å². The molecule has 2 aromatic carbocycles. The molecular formula is C15H15BrN2OS. The molecule has 20 heavy (non-hydrogen) atoms. The monoisotopic (exact) mass is 350 g/mol. The molecule has 5 heteroatoms. The first-order valence-electron chi connectivity index (χ1n) is 6.02. The molecular weight excluding hydrogens is 336 g/mol. The van der Waals surface area contributed by atoms with E-state index in [1.165, 1.54) is 0 Å². The van der Waals surface area contributed by atoms with Crippen LogP contribution in [-0.4, -0.2) is 12.1 Å². The summed E-state index contributed by atoms with van der Waals surface area (Å²) in [7, 11) is 1.64. The van der Waals surface area contributed by atoms with E-state index in [1.54, 1.807) is 7.11 Å². The minimum atomic E-state index is 0.362. The molecule has 3 N–H and O–H groups in total.